The van der Waals surface area contributed by atoms with E-state index in [-0.39, 0.29) is 0 Å². The number of hydrogen-bond acceptors (Lipinski definition) is 6. The van der Waals surface area contributed by atoms with Gasteiger partial charge in [0.2, 0.25) is 5.95 Å². The lowest BCUT2D eigenvalue weighted by Gasteiger charge is -2.33. The highest BCUT2D eigenvalue weighted by atomic mass is 15.3. The van der Waals surface area contributed by atoms with Gasteiger partial charge in [-0.3, -0.25) is 0 Å². The summed E-state index contributed by atoms with van der Waals surface area (Å²) in [7, 11) is 2.14. The van der Waals surface area contributed by atoms with Crippen molar-refractivity contribution in [3.63, 3.8) is 0 Å². The molecule has 2 heterocycles. The maximum absolute atomic E-state index is 8.99. The van der Waals surface area contributed by atoms with E-state index in [1.165, 1.54) is 0 Å². The van der Waals surface area contributed by atoms with Gasteiger partial charge in [0.1, 0.15) is 5.82 Å². The van der Waals surface area contributed by atoms with Crippen LogP contribution in [0, 0.1) is 18.3 Å². The molecule has 6 heteroatoms. The molecule has 1 aromatic heterocycles. The van der Waals surface area contributed by atoms with Crippen molar-refractivity contribution in [2.75, 3.05) is 43.4 Å². The molecule has 6 nitrogen and oxygen atoms in total. The third kappa shape index (κ3) is 3.76. The topological polar surface area (TPSA) is 68.1 Å². The molecule has 0 spiro atoms. The molecule has 118 valence electrons. The van der Waals surface area contributed by atoms with Gasteiger partial charge in [-0.15, -0.1) is 0 Å². The number of piperazine rings is 1. The first-order valence-electron chi connectivity index (χ1n) is 7.70. The summed E-state index contributed by atoms with van der Waals surface area (Å²) in [5.41, 5.74) is 2.36. The number of benzene rings is 1. The van der Waals surface area contributed by atoms with E-state index >= 15 is 0 Å². The number of hydrogen-bond donors (Lipinski definition) is 1. The van der Waals surface area contributed by atoms with Crippen molar-refractivity contribution in [3.8, 4) is 6.07 Å². The minimum atomic E-state index is 0.564. The first kappa shape index (κ1) is 15.3. The first-order chi connectivity index (χ1) is 11.1. The fourth-order valence-electron chi connectivity index (χ4n) is 2.60. The summed E-state index contributed by atoms with van der Waals surface area (Å²) < 4.78 is 0. The molecule has 1 N–H and O–H groups in total. The Morgan fingerprint density at radius 2 is 1.91 bits per heavy atom. The van der Waals surface area contributed by atoms with E-state index in [0.29, 0.717) is 11.5 Å². The monoisotopic (exact) mass is 308 g/mol. The number of aryl methyl sites for hydroxylation is 1. The van der Waals surface area contributed by atoms with Crippen LogP contribution < -0.4 is 10.2 Å². The lowest BCUT2D eigenvalue weighted by atomic mass is 10.2. The Kier molecular flexibility index (Phi) is 4.40. The van der Waals surface area contributed by atoms with Crippen molar-refractivity contribution in [3.05, 3.63) is 41.6 Å². The third-order valence-electron chi connectivity index (χ3n) is 3.92. The first-order valence-corrected chi connectivity index (χ1v) is 7.70. The fourth-order valence-corrected chi connectivity index (χ4v) is 2.60. The highest BCUT2D eigenvalue weighted by molar-refractivity contribution is 5.58. The predicted molar refractivity (Wildman–Crippen MR) is 90.9 cm³/mol. The Morgan fingerprint density at radius 3 is 2.65 bits per heavy atom. The average molecular weight is 308 g/mol. The molecule has 1 aromatic carbocycles. The van der Waals surface area contributed by atoms with Gasteiger partial charge in [-0.1, -0.05) is 6.07 Å². The summed E-state index contributed by atoms with van der Waals surface area (Å²) in [6.45, 7) is 5.98. The number of nitrogens with zero attached hydrogens (tertiary/aromatic N) is 5. The van der Waals surface area contributed by atoms with Crippen LogP contribution in [0.2, 0.25) is 0 Å². The van der Waals surface area contributed by atoms with Crippen LogP contribution in [0.15, 0.2) is 30.3 Å². The van der Waals surface area contributed by atoms with Gasteiger partial charge < -0.3 is 15.1 Å². The molecular weight excluding hydrogens is 288 g/mol. The zero-order chi connectivity index (χ0) is 16.2. The molecule has 1 saturated heterocycles. The molecule has 0 unspecified atom stereocenters. The van der Waals surface area contributed by atoms with Crippen LogP contribution in [0.3, 0.4) is 0 Å². The number of aromatic nitrogens is 2. The molecule has 2 aromatic rings. The van der Waals surface area contributed by atoms with Crippen molar-refractivity contribution in [2.24, 2.45) is 0 Å². The summed E-state index contributed by atoms with van der Waals surface area (Å²) in [4.78, 5) is 13.7. The molecule has 0 atom stereocenters. The Bertz CT molecular complexity index is 728. The molecule has 0 bridgehead atoms. The van der Waals surface area contributed by atoms with Crippen molar-refractivity contribution < 1.29 is 0 Å². The Morgan fingerprint density at radius 1 is 1.13 bits per heavy atom. The SMILES string of the molecule is Cc1cc(N2CCN(C)CC2)nc(Nc2cccc(C#N)c2)n1. The Balaban J connectivity index is 1.81. The van der Waals surface area contributed by atoms with Gasteiger partial charge in [0, 0.05) is 43.6 Å². The summed E-state index contributed by atoms with van der Waals surface area (Å²) in [5.74, 6) is 1.51. The normalized spacial score (nSPS) is 15.3. The molecule has 1 fully saturated rings. The predicted octanol–water partition coefficient (Wildman–Crippen LogP) is 2.15. The molecule has 3 rings (SSSR count). The van der Waals surface area contributed by atoms with Crippen LogP contribution in [0.1, 0.15) is 11.3 Å². The lowest BCUT2D eigenvalue weighted by molar-refractivity contribution is 0.312. The van der Waals surface area contributed by atoms with Gasteiger partial charge in [0.15, 0.2) is 0 Å². The van der Waals surface area contributed by atoms with Gasteiger partial charge in [-0.05, 0) is 32.2 Å². The molecule has 1 aliphatic heterocycles. The highest BCUT2D eigenvalue weighted by Crippen LogP contribution is 2.20. The van der Waals surface area contributed by atoms with Gasteiger partial charge in [-0.2, -0.15) is 10.2 Å². The van der Waals surface area contributed by atoms with Crippen LogP contribution in [-0.2, 0) is 0 Å². The minimum Gasteiger partial charge on any atom is -0.354 e. The molecular formula is C17H20N6. The van der Waals surface area contributed by atoms with Gasteiger partial charge in [0.05, 0.1) is 11.6 Å². The fraction of sp³-hybridized carbons (Fsp3) is 0.353. The zero-order valence-corrected chi connectivity index (χ0v) is 13.5. The second kappa shape index (κ2) is 6.63. The van der Waals surface area contributed by atoms with Crippen molar-refractivity contribution >= 4 is 17.5 Å². The molecule has 0 saturated carbocycles. The maximum atomic E-state index is 8.99. The minimum absolute atomic E-state index is 0.564. The lowest BCUT2D eigenvalue weighted by Crippen LogP contribution is -2.44. The van der Waals surface area contributed by atoms with Crippen molar-refractivity contribution in [1.82, 2.24) is 14.9 Å². The average Bonchev–Trinajstić information content (AvgIpc) is 2.55. The standard InChI is InChI=1S/C17H20N6/c1-13-10-16(23-8-6-22(2)7-9-23)21-17(19-13)20-15-5-3-4-14(11-15)12-18/h3-5,10-11H,6-9H2,1-2H3,(H,19,20,21). The third-order valence-corrected chi connectivity index (χ3v) is 3.92. The number of nitrogens with one attached hydrogen (secondary N) is 1. The number of nitriles is 1. The summed E-state index contributed by atoms with van der Waals surface area (Å²) in [6.07, 6.45) is 0. The van der Waals surface area contributed by atoms with Gasteiger partial charge in [0.25, 0.3) is 0 Å². The Labute approximate surface area is 136 Å². The van der Waals surface area contributed by atoms with Crippen molar-refractivity contribution in [2.45, 2.75) is 6.92 Å². The van der Waals surface area contributed by atoms with Crippen LogP contribution in [0.25, 0.3) is 0 Å². The zero-order valence-electron chi connectivity index (χ0n) is 13.5. The van der Waals surface area contributed by atoms with Gasteiger partial charge in [-0.25, -0.2) is 4.98 Å². The van der Waals surface area contributed by atoms with E-state index in [0.717, 1.165) is 43.4 Å². The van der Waals surface area contributed by atoms with Crippen molar-refractivity contribution in [1.29, 1.82) is 5.26 Å². The van der Waals surface area contributed by atoms with Crippen LogP contribution in [0.4, 0.5) is 17.5 Å². The second-order valence-corrected chi connectivity index (χ2v) is 5.80. The largest absolute Gasteiger partial charge is 0.354 e. The quantitative estimate of drug-likeness (QED) is 0.937. The molecule has 1 aliphatic rings. The number of anilines is 3. The second-order valence-electron chi connectivity index (χ2n) is 5.80. The van der Waals surface area contributed by atoms with E-state index in [2.05, 4.69) is 38.2 Å². The van der Waals surface area contributed by atoms with E-state index in [4.69, 9.17) is 5.26 Å². The van der Waals surface area contributed by atoms with Gasteiger partial charge >= 0.3 is 0 Å². The summed E-state index contributed by atoms with van der Waals surface area (Å²) in [5, 5.41) is 12.2. The Hall–Kier alpha value is -2.65. The van der Waals surface area contributed by atoms with E-state index in [1.807, 2.05) is 25.1 Å². The van der Waals surface area contributed by atoms with Crippen LogP contribution in [0.5, 0.6) is 0 Å². The molecule has 23 heavy (non-hydrogen) atoms. The van der Waals surface area contributed by atoms with Crippen LogP contribution >= 0.6 is 0 Å². The molecule has 0 amide bonds. The molecule has 0 radical (unpaired) electrons. The van der Waals surface area contributed by atoms with E-state index < -0.39 is 0 Å². The van der Waals surface area contributed by atoms with E-state index in [1.54, 1.807) is 12.1 Å². The number of rotatable bonds is 3. The maximum Gasteiger partial charge on any atom is 0.229 e. The number of likely N-dealkylation sites (N-methyl/N-ethyl adjacent to an activating group) is 1. The summed E-state index contributed by atoms with van der Waals surface area (Å²) >= 11 is 0. The smallest absolute Gasteiger partial charge is 0.229 e. The van der Waals surface area contributed by atoms with E-state index in [9.17, 15) is 0 Å². The highest BCUT2D eigenvalue weighted by Gasteiger charge is 2.16. The van der Waals surface area contributed by atoms with Crippen LogP contribution in [-0.4, -0.2) is 48.1 Å². The summed E-state index contributed by atoms with van der Waals surface area (Å²) in [6, 6.07) is 11.5. The molecule has 0 aliphatic carbocycles.